The van der Waals surface area contributed by atoms with Gasteiger partial charge in [-0.2, -0.15) is 0 Å². The zero-order valence-corrected chi connectivity index (χ0v) is 7.56. The van der Waals surface area contributed by atoms with Crippen LogP contribution in [0.1, 0.15) is 11.1 Å². The predicted octanol–water partition coefficient (Wildman–Crippen LogP) is 0.604. The maximum Gasteiger partial charge on any atom is 0.409 e. The van der Waals surface area contributed by atoms with Crippen molar-refractivity contribution in [3.05, 3.63) is 29.3 Å². The molecule has 0 spiro atoms. The van der Waals surface area contributed by atoms with E-state index >= 15 is 0 Å². The molecule has 1 aliphatic rings. The number of carbonyl (C=O) groups excluding carboxylic acids is 1. The van der Waals surface area contributed by atoms with Gasteiger partial charge in [-0.05, 0) is 36.1 Å². The Bertz CT molecular complexity index is 376. The van der Waals surface area contributed by atoms with Gasteiger partial charge in [0.1, 0.15) is 5.75 Å². The molecule has 1 aromatic carbocycles. The minimum Gasteiger partial charge on any atom is -0.410 e. The minimum absolute atomic E-state index is 0.311. The van der Waals surface area contributed by atoms with Gasteiger partial charge in [0, 0.05) is 0 Å². The van der Waals surface area contributed by atoms with Crippen LogP contribution in [0, 0.1) is 0 Å². The second-order valence-electron chi connectivity index (χ2n) is 3.41. The normalized spacial score (nSPS) is 19.1. The molecule has 4 heteroatoms. The summed E-state index contributed by atoms with van der Waals surface area (Å²) in [4.78, 5) is 10.5. The van der Waals surface area contributed by atoms with Crippen molar-refractivity contribution < 1.29 is 14.6 Å². The van der Waals surface area contributed by atoms with Gasteiger partial charge in [0.2, 0.25) is 0 Å². The van der Waals surface area contributed by atoms with Crippen molar-refractivity contribution in [2.24, 2.45) is 5.73 Å². The summed E-state index contributed by atoms with van der Waals surface area (Å²) in [6.45, 7) is 0. The number of primary amides is 1. The highest BCUT2D eigenvalue weighted by Gasteiger charge is 2.19. The van der Waals surface area contributed by atoms with E-state index in [9.17, 15) is 9.90 Å². The van der Waals surface area contributed by atoms with Crippen LogP contribution in [0.4, 0.5) is 4.79 Å². The van der Waals surface area contributed by atoms with E-state index in [4.69, 9.17) is 10.5 Å². The van der Waals surface area contributed by atoms with Crippen molar-refractivity contribution in [1.82, 2.24) is 0 Å². The summed E-state index contributed by atoms with van der Waals surface area (Å²) >= 11 is 0. The van der Waals surface area contributed by atoms with Crippen molar-refractivity contribution in [1.29, 1.82) is 0 Å². The lowest BCUT2D eigenvalue weighted by atomic mass is 10.1. The molecule has 0 fully saturated rings. The molecule has 0 aliphatic heterocycles. The molecule has 0 aromatic heterocycles. The summed E-state index contributed by atoms with van der Waals surface area (Å²) < 4.78 is 4.73. The van der Waals surface area contributed by atoms with E-state index in [0.717, 1.165) is 11.1 Å². The summed E-state index contributed by atoms with van der Waals surface area (Å²) in [6, 6.07) is 5.28. The Morgan fingerprint density at radius 3 is 2.86 bits per heavy atom. The number of aliphatic hydroxyl groups is 1. The highest BCUT2D eigenvalue weighted by Crippen LogP contribution is 2.26. The van der Waals surface area contributed by atoms with Crippen LogP contribution in [0.25, 0.3) is 0 Å². The van der Waals surface area contributed by atoms with Crippen LogP contribution in [0.5, 0.6) is 5.75 Å². The molecule has 0 bridgehead atoms. The fourth-order valence-corrected chi connectivity index (χ4v) is 1.75. The molecule has 0 saturated heterocycles. The lowest BCUT2D eigenvalue weighted by Gasteiger charge is -2.03. The molecule has 1 amide bonds. The number of nitrogens with two attached hydrogens (primary N) is 1. The Kier molecular flexibility index (Phi) is 2.13. The maximum atomic E-state index is 10.5. The molecule has 0 saturated carbocycles. The predicted molar refractivity (Wildman–Crippen MR) is 50.1 cm³/mol. The first-order valence-electron chi connectivity index (χ1n) is 4.42. The molecule has 1 aromatic rings. The van der Waals surface area contributed by atoms with Crippen molar-refractivity contribution in [3.63, 3.8) is 0 Å². The van der Waals surface area contributed by atoms with Gasteiger partial charge in [-0.15, -0.1) is 0 Å². The molecule has 1 unspecified atom stereocenters. The van der Waals surface area contributed by atoms with Gasteiger partial charge < -0.3 is 15.6 Å². The third kappa shape index (κ3) is 1.70. The summed E-state index contributed by atoms with van der Waals surface area (Å²) in [7, 11) is 0. The number of carbonyl (C=O) groups is 1. The molecule has 4 nitrogen and oxygen atoms in total. The molecule has 2 rings (SSSR count). The SMILES string of the molecule is NC(=O)Oc1ccc2c(c1)CC(O)C2. The van der Waals surface area contributed by atoms with E-state index < -0.39 is 6.09 Å². The van der Waals surface area contributed by atoms with Crippen LogP contribution in [0.15, 0.2) is 18.2 Å². The molecular weight excluding hydrogens is 182 g/mol. The van der Waals surface area contributed by atoms with Gasteiger partial charge in [0.05, 0.1) is 6.10 Å². The Morgan fingerprint density at radius 1 is 1.43 bits per heavy atom. The Hall–Kier alpha value is -1.55. The quantitative estimate of drug-likeness (QED) is 0.686. The third-order valence-electron chi connectivity index (χ3n) is 2.31. The Labute approximate surface area is 81.3 Å². The fourth-order valence-electron chi connectivity index (χ4n) is 1.75. The van der Waals surface area contributed by atoms with E-state index in [-0.39, 0.29) is 6.10 Å². The van der Waals surface area contributed by atoms with Gasteiger partial charge >= 0.3 is 6.09 Å². The van der Waals surface area contributed by atoms with Crippen molar-refractivity contribution in [2.75, 3.05) is 0 Å². The van der Waals surface area contributed by atoms with Crippen LogP contribution < -0.4 is 10.5 Å². The van der Waals surface area contributed by atoms with Gasteiger partial charge in [-0.3, -0.25) is 0 Å². The van der Waals surface area contributed by atoms with Gasteiger partial charge in [-0.25, -0.2) is 4.79 Å². The summed E-state index contributed by atoms with van der Waals surface area (Å²) in [5.74, 6) is 0.436. The zero-order chi connectivity index (χ0) is 10.1. The average molecular weight is 193 g/mol. The monoisotopic (exact) mass is 193 g/mol. The van der Waals surface area contributed by atoms with Crippen LogP contribution in [0.2, 0.25) is 0 Å². The van der Waals surface area contributed by atoms with Gasteiger partial charge in [-0.1, -0.05) is 6.07 Å². The highest BCUT2D eigenvalue weighted by molar-refractivity contribution is 5.68. The van der Waals surface area contributed by atoms with Gasteiger partial charge in [0.15, 0.2) is 0 Å². The number of amides is 1. The number of benzene rings is 1. The second kappa shape index (κ2) is 3.31. The number of hydrogen-bond acceptors (Lipinski definition) is 3. The Balaban J connectivity index is 2.24. The minimum atomic E-state index is -0.816. The van der Waals surface area contributed by atoms with Crippen LogP contribution in [-0.4, -0.2) is 17.3 Å². The lowest BCUT2D eigenvalue weighted by molar-refractivity contribution is 0.187. The summed E-state index contributed by atoms with van der Waals surface area (Å²) in [6.07, 6.45) is 0.162. The molecule has 1 atom stereocenters. The van der Waals surface area contributed by atoms with E-state index in [1.807, 2.05) is 6.07 Å². The Morgan fingerprint density at radius 2 is 2.14 bits per heavy atom. The van der Waals surface area contributed by atoms with Crippen LogP contribution in [0.3, 0.4) is 0 Å². The average Bonchev–Trinajstić information content (AvgIpc) is 2.42. The van der Waals surface area contributed by atoms with E-state index in [1.54, 1.807) is 12.1 Å². The van der Waals surface area contributed by atoms with Crippen LogP contribution >= 0.6 is 0 Å². The molecule has 0 radical (unpaired) electrons. The third-order valence-corrected chi connectivity index (χ3v) is 2.31. The standard InChI is InChI=1S/C10H11NO3/c11-10(13)14-9-2-1-6-3-8(12)4-7(6)5-9/h1-2,5,8,12H,3-4H2,(H2,11,13). The maximum absolute atomic E-state index is 10.5. The van der Waals surface area contributed by atoms with Crippen molar-refractivity contribution in [2.45, 2.75) is 18.9 Å². The first kappa shape index (κ1) is 9.02. The fraction of sp³-hybridized carbons (Fsp3) is 0.300. The number of rotatable bonds is 1. The number of aliphatic hydroxyl groups excluding tert-OH is 1. The highest BCUT2D eigenvalue weighted by atomic mass is 16.5. The van der Waals surface area contributed by atoms with Crippen molar-refractivity contribution in [3.8, 4) is 5.75 Å². The molecular formula is C10H11NO3. The number of ether oxygens (including phenoxy) is 1. The molecule has 1 aliphatic carbocycles. The first-order valence-corrected chi connectivity index (χ1v) is 4.42. The second-order valence-corrected chi connectivity index (χ2v) is 3.41. The smallest absolute Gasteiger partial charge is 0.409 e. The lowest BCUT2D eigenvalue weighted by Crippen LogP contribution is -2.16. The topological polar surface area (TPSA) is 72.6 Å². The zero-order valence-electron chi connectivity index (χ0n) is 7.56. The number of fused-ring (bicyclic) bond motifs is 1. The molecule has 74 valence electrons. The van der Waals surface area contributed by atoms with E-state index in [0.29, 0.717) is 18.6 Å². The summed E-state index contributed by atoms with van der Waals surface area (Å²) in [5.41, 5.74) is 7.02. The van der Waals surface area contributed by atoms with Crippen LogP contribution in [-0.2, 0) is 12.8 Å². The molecule has 3 N–H and O–H groups in total. The number of hydrogen-bond donors (Lipinski definition) is 2. The largest absolute Gasteiger partial charge is 0.410 e. The molecule has 14 heavy (non-hydrogen) atoms. The van der Waals surface area contributed by atoms with Crippen molar-refractivity contribution >= 4 is 6.09 Å². The van der Waals surface area contributed by atoms with E-state index in [2.05, 4.69) is 0 Å². The van der Waals surface area contributed by atoms with Gasteiger partial charge in [0.25, 0.3) is 0 Å². The first-order chi connectivity index (χ1) is 6.65. The molecule has 0 heterocycles. The van der Waals surface area contributed by atoms with E-state index in [1.165, 1.54) is 0 Å². The summed E-state index contributed by atoms with van der Waals surface area (Å²) in [5, 5.41) is 9.39.